The number of benzene rings is 3. The quantitative estimate of drug-likeness (QED) is 0.457. The van der Waals surface area contributed by atoms with Crippen molar-refractivity contribution < 1.29 is 4.79 Å². The van der Waals surface area contributed by atoms with Crippen molar-refractivity contribution in [2.75, 3.05) is 5.32 Å². The van der Waals surface area contributed by atoms with E-state index in [-0.39, 0.29) is 5.91 Å². The van der Waals surface area contributed by atoms with Crippen LogP contribution in [-0.4, -0.2) is 10.5 Å². The van der Waals surface area contributed by atoms with Gasteiger partial charge in [0.05, 0.1) is 0 Å². The largest absolute Gasteiger partial charge is 0.341 e. The zero-order valence-electron chi connectivity index (χ0n) is 14.5. The molecule has 0 aliphatic heterocycles. The van der Waals surface area contributed by atoms with Crippen molar-refractivity contribution >= 4 is 45.0 Å². The number of halogens is 1. The number of nitrogens with one attached hydrogen (secondary N) is 1. The molecule has 0 fully saturated rings. The Morgan fingerprint density at radius 1 is 0.962 bits per heavy atom. The zero-order chi connectivity index (χ0) is 18.1. The van der Waals surface area contributed by atoms with E-state index in [1.54, 1.807) is 12.1 Å². The highest BCUT2D eigenvalue weighted by atomic mass is 35.5. The van der Waals surface area contributed by atoms with Gasteiger partial charge < -0.3 is 9.88 Å². The molecule has 4 heteroatoms. The third-order valence-electron chi connectivity index (χ3n) is 4.72. The van der Waals surface area contributed by atoms with Crippen LogP contribution in [0.15, 0.2) is 66.7 Å². The van der Waals surface area contributed by atoms with Gasteiger partial charge in [0.2, 0.25) is 0 Å². The smallest absolute Gasteiger partial charge is 0.255 e. The molecule has 4 rings (SSSR count). The molecule has 0 radical (unpaired) electrons. The minimum absolute atomic E-state index is 0.121. The lowest BCUT2D eigenvalue weighted by molar-refractivity contribution is 0.102. The predicted octanol–water partition coefficient (Wildman–Crippen LogP) is 5.81. The Morgan fingerprint density at radius 2 is 1.69 bits per heavy atom. The van der Waals surface area contributed by atoms with Crippen LogP contribution in [0.2, 0.25) is 0 Å². The van der Waals surface area contributed by atoms with E-state index in [1.807, 2.05) is 24.3 Å². The van der Waals surface area contributed by atoms with Crippen molar-refractivity contribution in [3.05, 3.63) is 77.9 Å². The van der Waals surface area contributed by atoms with Crippen LogP contribution in [-0.2, 0) is 12.4 Å². The first-order chi connectivity index (χ1) is 12.7. The first-order valence-electron chi connectivity index (χ1n) is 8.68. The fourth-order valence-corrected chi connectivity index (χ4v) is 3.60. The Balaban J connectivity index is 1.71. The van der Waals surface area contributed by atoms with Crippen LogP contribution in [0.5, 0.6) is 0 Å². The van der Waals surface area contributed by atoms with E-state index in [0.717, 1.165) is 23.2 Å². The lowest BCUT2D eigenvalue weighted by Gasteiger charge is -2.07. The number of fused-ring (bicyclic) bond motifs is 3. The molecule has 3 aromatic carbocycles. The minimum Gasteiger partial charge on any atom is -0.341 e. The van der Waals surface area contributed by atoms with Crippen LogP contribution in [0.3, 0.4) is 0 Å². The Hall–Kier alpha value is -2.78. The van der Waals surface area contributed by atoms with Crippen LogP contribution >= 0.6 is 11.6 Å². The van der Waals surface area contributed by atoms with Gasteiger partial charge >= 0.3 is 0 Å². The van der Waals surface area contributed by atoms with E-state index in [0.29, 0.717) is 11.4 Å². The molecule has 0 atom stereocenters. The maximum absolute atomic E-state index is 12.5. The molecule has 0 saturated heterocycles. The standard InChI is InChI=1S/C22H19ClN2O/c1-2-25-20-6-4-3-5-18(20)19-13-17(11-12-21(19)25)24-22(26)16-9-7-15(14-23)8-10-16/h3-13H,2,14H2,1H3,(H,24,26). The van der Waals surface area contributed by atoms with Gasteiger partial charge in [0.15, 0.2) is 0 Å². The number of amides is 1. The maximum atomic E-state index is 12.5. The van der Waals surface area contributed by atoms with Gasteiger partial charge in [0.25, 0.3) is 5.91 Å². The number of aromatic nitrogens is 1. The first-order valence-corrected chi connectivity index (χ1v) is 9.22. The molecular weight excluding hydrogens is 344 g/mol. The number of alkyl halides is 1. The highest BCUT2D eigenvalue weighted by Crippen LogP contribution is 2.31. The lowest BCUT2D eigenvalue weighted by atomic mass is 10.1. The van der Waals surface area contributed by atoms with Crippen LogP contribution in [0.25, 0.3) is 21.8 Å². The molecular formula is C22H19ClN2O. The summed E-state index contributed by atoms with van der Waals surface area (Å²) in [6, 6.07) is 21.8. The van der Waals surface area contributed by atoms with Gasteiger partial charge in [0, 0.05) is 45.5 Å². The van der Waals surface area contributed by atoms with E-state index >= 15 is 0 Å². The summed E-state index contributed by atoms with van der Waals surface area (Å²) in [6.45, 7) is 3.05. The molecule has 4 aromatic rings. The maximum Gasteiger partial charge on any atom is 0.255 e. The number of anilines is 1. The number of hydrogen-bond acceptors (Lipinski definition) is 1. The summed E-state index contributed by atoms with van der Waals surface area (Å²) < 4.78 is 2.29. The molecule has 0 bridgehead atoms. The highest BCUT2D eigenvalue weighted by molar-refractivity contribution is 6.17. The number of carbonyl (C=O) groups excluding carboxylic acids is 1. The minimum atomic E-state index is -0.121. The Bertz CT molecular complexity index is 1100. The molecule has 0 saturated carbocycles. The number of nitrogens with zero attached hydrogens (tertiary/aromatic N) is 1. The average Bonchev–Trinajstić information content (AvgIpc) is 3.01. The second-order valence-corrected chi connectivity index (χ2v) is 6.55. The van der Waals surface area contributed by atoms with Crippen molar-refractivity contribution in [1.82, 2.24) is 4.57 Å². The summed E-state index contributed by atoms with van der Waals surface area (Å²) in [5.41, 5.74) is 4.80. The molecule has 1 amide bonds. The fourth-order valence-electron chi connectivity index (χ4n) is 3.42. The molecule has 1 N–H and O–H groups in total. The highest BCUT2D eigenvalue weighted by Gasteiger charge is 2.11. The molecule has 1 heterocycles. The topological polar surface area (TPSA) is 34.0 Å². The van der Waals surface area contributed by atoms with Gasteiger partial charge in [-0.3, -0.25) is 4.79 Å². The first kappa shape index (κ1) is 16.7. The molecule has 1 aromatic heterocycles. The van der Waals surface area contributed by atoms with Gasteiger partial charge in [-0.1, -0.05) is 30.3 Å². The molecule has 0 aliphatic rings. The number of aryl methyl sites for hydroxylation is 1. The molecule has 0 aliphatic carbocycles. The van der Waals surface area contributed by atoms with Gasteiger partial charge in [-0.05, 0) is 48.9 Å². The number of hydrogen-bond donors (Lipinski definition) is 1. The van der Waals surface area contributed by atoms with Crippen molar-refractivity contribution in [2.24, 2.45) is 0 Å². The number of para-hydroxylation sites is 1. The molecule has 26 heavy (non-hydrogen) atoms. The van der Waals surface area contributed by atoms with Crippen molar-refractivity contribution in [3.8, 4) is 0 Å². The molecule has 0 spiro atoms. The van der Waals surface area contributed by atoms with Crippen LogP contribution in [0.4, 0.5) is 5.69 Å². The summed E-state index contributed by atoms with van der Waals surface area (Å²) in [7, 11) is 0. The van der Waals surface area contributed by atoms with Gasteiger partial charge in [0.1, 0.15) is 0 Å². The summed E-state index contributed by atoms with van der Waals surface area (Å²) in [4.78, 5) is 12.5. The molecule has 0 unspecified atom stereocenters. The summed E-state index contributed by atoms with van der Waals surface area (Å²) in [5, 5.41) is 5.35. The third kappa shape index (κ3) is 2.85. The summed E-state index contributed by atoms with van der Waals surface area (Å²) in [5.74, 6) is 0.324. The third-order valence-corrected chi connectivity index (χ3v) is 5.03. The fraction of sp³-hybridized carbons (Fsp3) is 0.136. The van der Waals surface area contributed by atoms with E-state index in [9.17, 15) is 4.79 Å². The van der Waals surface area contributed by atoms with Gasteiger partial charge in [-0.2, -0.15) is 0 Å². The van der Waals surface area contributed by atoms with Crippen LogP contribution < -0.4 is 5.32 Å². The monoisotopic (exact) mass is 362 g/mol. The normalized spacial score (nSPS) is 11.2. The molecule has 130 valence electrons. The zero-order valence-corrected chi connectivity index (χ0v) is 15.3. The van der Waals surface area contributed by atoms with Crippen molar-refractivity contribution in [1.29, 1.82) is 0 Å². The Morgan fingerprint density at radius 3 is 2.42 bits per heavy atom. The summed E-state index contributed by atoms with van der Waals surface area (Å²) in [6.07, 6.45) is 0. The van der Waals surface area contributed by atoms with E-state index < -0.39 is 0 Å². The second kappa shape index (κ2) is 6.85. The van der Waals surface area contributed by atoms with E-state index in [1.165, 1.54) is 16.4 Å². The van der Waals surface area contributed by atoms with Gasteiger partial charge in [-0.15, -0.1) is 11.6 Å². The van der Waals surface area contributed by atoms with Crippen LogP contribution in [0, 0.1) is 0 Å². The van der Waals surface area contributed by atoms with E-state index in [4.69, 9.17) is 11.6 Å². The SMILES string of the molecule is CCn1c2ccccc2c2cc(NC(=O)c3ccc(CCl)cc3)ccc21. The predicted molar refractivity (Wildman–Crippen MR) is 109 cm³/mol. The summed E-state index contributed by atoms with van der Waals surface area (Å²) >= 11 is 5.80. The number of rotatable bonds is 4. The average molecular weight is 363 g/mol. The Labute approximate surface area is 157 Å². The van der Waals surface area contributed by atoms with E-state index in [2.05, 4.69) is 47.1 Å². The Kier molecular flexibility index (Phi) is 4.39. The molecule has 3 nitrogen and oxygen atoms in total. The number of carbonyl (C=O) groups is 1. The van der Waals surface area contributed by atoms with Gasteiger partial charge in [-0.25, -0.2) is 0 Å². The van der Waals surface area contributed by atoms with Crippen LogP contribution in [0.1, 0.15) is 22.8 Å². The lowest BCUT2D eigenvalue weighted by Crippen LogP contribution is -2.11. The second-order valence-electron chi connectivity index (χ2n) is 6.28. The van der Waals surface area contributed by atoms with Crippen molar-refractivity contribution in [3.63, 3.8) is 0 Å². The van der Waals surface area contributed by atoms with Crippen molar-refractivity contribution in [2.45, 2.75) is 19.3 Å².